The molecule has 1 amide bonds. The maximum absolute atomic E-state index is 12.9. The molecule has 0 aliphatic carbocycles. The number of ether oxygens (including phenoxy) is 1. The van der Waals surface area contributed by atoms with Gasteiger partial charge in [0, 0.05) is 50.7 Å². The molecular formula is C27H28N4O2. The summed E-state index contributed by atoms with van der Waals surface area (Å²) in [6, 6.07) is 21.9. The van der Waals surface area contributed by atoms with Crippen molar-refractivity contribution in [1.82, 2.24) is 19.2 Å². The summed E-state index contributed by atoms with van der Waals surface area (Å²) in [5, 5.41) is 0. The second-order valence-electron chi connectivity index (χ2n) is 8.57. The molecule has 5 rings (SSSR count). The summed E-state index contributed by atoms with van der Waals surface area (Å²) < 4.78 is 7.90. The van der Waals surface area contributed by atoms with Crippen molar-refractivity contribution in [3.8, 4) is 5.75 Å². The predicted molar refractivity (Wildman–Crippen MR) is 128 cm³/mol. The number of amides is 1. The maximum Gasteiger partial charge on any atom is 0.253 e. The van der Waals surface area contributed by atoms with Crippen LogP contribution in [0, 0.1) is 6.92 Å². The first-order chi connectivity index (χ1) is 16.1. The third kappa shape index (κ3) is 5.07. The van der Waals surface area contributed by atoms with E-state index in [0.717, 1.165) is 49.8 Å². The summed E-state index contributed by atoms with van der Waals surface area (Å²) in [6.07, 6.45) is 4.03. The Kier molecular flexibility index (Phi) is 6.09. The van der Waals surface area contributed by atoms with Crippen molar-refractivity contribution in [2.24, 2.45) is 0 Å². The summed E-state index contributed by atoms with van der Waals surface area (Å²) in [5.74, 6) is 0.809. The molecule has 4 aromatic rings. The minimum absolute atomic E-state index is 0.0802. The van der Waals surface area contributed by atoms with Crippen molar-refractivity contribution in [2.45, 2.75) is 20.1 Å². The number of carbonyl (C=O) groups excluding carboxylic acids is 1. The quantitative estimate of drug-likeness (QED) is 0.451. The van der Waals surface area contributed by atoms with Crippen molar-refractivity contribution in [3.05, 3.63) is 102 Å². The van der Waals surface area contributed by atoms with Crippen LogP contribution in [0.15, 0.2) is 79.1 Å². The average Bonchev–Trinajstić information content (AvgIpc) is 3.26. The highest BCUT2D eigenvalue weighted by Crippen LogP contribution is 2.17. The zero-order valence-electron chi connectivity index (χ0n) is 18.9. The van der Waals surface area contributed by atoms with Gasteiger partial charge < -0.3 is 14.0 Å². The van der Waals surface area contributed by atoms with Gasteiger partial charge in [-0.25, -0.2) is 4.98 Å². The average molecular weight is 441 g/mol. The van der Waals surface area contributed by atoms with E-state index in [1.807, 2.05) is 64.2 Å². The molecule has 3 heterocycles. The monoisotopic (exact) mass is 440 g/mol. The third-order valence-corrected chi connectivity index (χ3v) is 6.05. The van der Waals surface area contributed by atoms with Crippen LogP contribution >= 0.6 is 0 Å². The van der Waals surface area contributed by atoms with Gasteiger partial charge >= 0.3 is 0 Å². The molecule has 1 aliphatic rings. The Hall–Kier alpha value is -3.64. The Morgan fingerprint density at radius 3 is 2.42 bits per heavy atom. The lowest BCUT2D eigenvalue weighted by Crippen LogP contribution is -2.48. The van der Waals surface area contributed by atoms with Crippen molar-refractivity contribution in [2.75, 3.05) is 26.2 Å². The smallest absolute Gasteiger partial charge is 0.253 e. The Bertz CT molecular complexity index is 1230. The molecule has 1 aliphatic heterocycles. The Balaban J connectivity index is 1.13. The van der Waals surface area contributed by atoms with Crippen LogP contribution in [-0.2, 0) is 13.2 Å². The number of nitrogens with zero attached hydrogens (tertiary/aromatic N) is 4. The van der Waals surface area contributed by atoms with Gasteiger partial charge in [-0.05, 0) is 48.4 Å². The second kappa shape index (κ2) is 9.46. The van der Waals surface area contributed by atoms with Gasteiger partial charge in [0.05, 0.1) is 5.69 Å². The van der Waals surface area contributed by atoms with Gasteiger partial charge in [-0.1, -0.05) is 36.4 Å². The number of carbonyl (C=O) groups is 1. The van der Waals surface area contributed by atoms with E-state index in [2.05, 4.69) is 41.1 Å². The number of hydrogen-bond acceptors (Lipinski definition) is 4. The van der Waals surface area contributed by atoms with Crippen molar-refractivity contribution in [1.29, 1.82) is 0 Å². The fourth-order valence-corrected chi connectivity index (χ4v) is 4.21. The number of rotatable bonds is 6. The van der Waals surface area contributed by atoms with E-state index in [-0.39, 0.29) is 5.91 Å². The molecule has 1 fully saturated rings. The van der Waals surface area contributed by atoms with Gasteiger partial charge in [-0.2, -0.15) is 0 Å². The number of fused-ring (bicyclic) bond motifs is 1. The molecule has 0 N–H and O–H groups in total. The lowest BCUT2D eigenvalue weighted by molar-refractivity contribution is 0.0628. The van der Waals surface area contributed by atoms with Gasteiger partial charge in [0.15, 0.2) is 0 Å². The summed E-state index contributed by atoms with van der Waals surface area (Å²) >= 11 is 0. The molecule has 2 aromatic carbocycles. The van der Waals surface area contributed by atoms with E-state index < -0.39 is 0 Å². The molecule has 2 aromatic heterocycles. The SMILES string of the molecule is Cc1ccc2nc(COc3ccc(C(=O)N4CCN(Cc5ccccc5)CC4)cc3)cn2c1. The fraction of sp³-hybridized carbons (Fsp3) is 0.259. The van der Waals surface area contributed by atoms with Gasteiger partial charge in [0.25, 0.3) is 5.91 Å². The predicted octanol–water partition coefficient (Wildman–Crippen LogP) is 4.18. The lowest BCUT2D eigenvalue weighted by Gasteiger charge is -2.34. The highest BCUT2D eigenvalue weighted by molar-refractivity contribution is 5.94. The Morgan fingerprint density at radius 1 is 0.909 bits per heavy atom. The first-order valence-corrected chi connectivity index (χ1v) is 11.4. The molecule has 0 saturated carbocycles. The number of piperazine rings is 1. The highest BCUT2D eigenvalue weighted by atomic mass is 16.5. The molecule has 168 valence electrons. The zero-order valence-corrected chi connectivity index (χ0v) is 18.9. The molecule has 0 atom stereocenters. The summed E-state index contributed by atoms with van der Waals surface area (Å²) in [5.41, 5.74) is 4.97. The molecular weight excluding hydrogens is 412 g/mol. The third-order valence-electron chi connectivity index (χ3n) is 6.05. The Labute approximate surface area is 194 Å². The van der Waals surface area contributed by atoms with Crippen molar-refractivity contribution >= 4 is 11.6 Å². The van der Waals surface area contributed by atoms with E-state index in [1.54, 1.807) is 0 Å². The number of aryl methyl sites for hydroxylation is 1. The van der Waals surface area contributed by atoms with Gasteiger partial charge in [-0.15, -0.1) is 0 Å². The fourth-order valence-electron chi connectivity index (χ4n) is 4.21. The van der Waals surface area contributed by atoms with Crippen molar-refractivity contribution < 1.29 is 9.53 Å². The summed E-state index contributed by atoms with van der Waals surface area (Å²) in [7, 11) is 0. The number of imidazole rings is 1. The minimum atomic E-state index is 0.0802. The summed E-state index contributed by atoms with van der Waals surface area (Å²) in [6.45, 7) is 6.65. The standard InChI is InChI=1S/C27H28N4O2/c1-21-7-12-26-28-24(19-31(26)17-21)20-33-25-10-8-23(9-11-25)27(32)30-15-13-29(14-16-30)18-22-5-3-2-4-6-22/h2-12,17,19H,13-16,18,20H2,1H3. The number of aromatic nitrogens is 2. The molecule has 6 nitrogen and oxygen atoms in total. The number of pyridine rings is 1. The maximum atomic E-state index is 12.9. The largest absolute Gasteiger partial charge is 0.487 e. The van der Waals surface area contributed by atoms with Crippen LogP contribution in [0.25, 0.3) is 5.65 Å². The van der Waals surface area contributed by atoms with Crippen molar-refractivity contribution in [3.63, 3.8) is 0 Å². The molecule has 0 spiro atoms. The number of hydrogen-bond donors (Lipinski definition) is 0. The second-order valence-corrected chi connectivity index (χ2v) is 8.57. The normalized spacial score (nSPS) is 14.5. The molecule has 0 radical (unpaired) electrons. The minimum Gasteiger partial charge on any atom is -0.487 e. The van der Waals surface area contributed by atoms with E-state index in [0.29, 0.717) is 12.2 Å². The van der Waals surface area contributed by atoms with E-state index in [4.69, 9.17) is 4.74 Å². The molecule has 6 heteroatoms. The Morgan fingerprint density at radius 2 is 1.67 bits per heavy atom. The highest BCUT2D eigenvalue weighted by Gasteiger charge is 2.22. The van der Waals surface area contributed by atoms with Crippen LogP contribution in [0.5, 0.6) is 5.75 Å². The molecule has 0 unspecified atom stereocenters. The van der Waals surface area contributed by atoms with E-state index in [9.17, 15) is 4.79 Å². The van der Waals surface area contributed by atoms with Crippen LogP contribution in [-0.4, -0.2) is 51.3 Å². The lowest BCUT2D eigenvalue weighted by atomic mass is 10.1. The van der Waals surface area contributed by atoms with Crippen LogP contribution in [0.3, 0.4) is 0 Å². The molecule has 33 heavy (non-hydrogen) atoms. The number of benzene rings is 2. The zero-order chi connectivity index (χ0) is 22.6. The van der Waals surface area contributed by atoms with E-state index in [1.165, 1.54) is 11.1 Å². The first kappa shape index (κ1) is 21.2. The van der Waals surface area contributed by atoms with Gasteiger partial charge in [0.1, 0.15) is 18.0 Å². The topological polar surface area (TPSA) is 50.1 Å². The van der Waals surface area contributed by atoms with Crippen LogP contribution in [0.2, 0.25) is 0 Å². The summed E-state index contributed by atoms with van der Waals surface area (Å²) in [4.78, 5) is 21.9. The van der Waals surface area contributed by atoms with Crippen LogP contribution < -0.4 is 4.74 Å². The molecule has 1 saturated heterocycles. The van der Waals surface area contributed by atoms with Crippen LogP contribution in [0.1, 0.15) is 27.2 Å². The first-order valence-electron chi connectivity index (χ1n) is 11.4. The van der Waals surface area contributed by atoms with Crippen LogP contribution in [0.4, 0.5) is 0 Å². The van der Waals surface area contributed by atoms with Gasteiger partial charge in [-0.3, -0.25) is 9.69 Å². The molecule has 0 bridgehead atoms. The van der Waals surface area contributed by atoms with Gasteiger partial charge in [0.2, 0.25) is 0 Å². The van der Waals surface area contributed by atoms with E-state index >= 15 is 0 Å².